The summed E-state index contributed by atoms with van der Waals surface area (Å²) in [6.07, 6.45) is 6.53. The third kappa shape index (κ3) is 4.13. The molecule has 98 valence electrons. The lowest BCUT2D eigenvalue weighted by atomic mass is 10.0. The highest BCUT2D eigenvalue weighted by Crippen LogP contribution is 2.12. The van der Waals surface area contributed by atoms with Crippen LogP contribution in [0.2, 0.25) is 0 Å². The van der Waals surface area contributed by atoms with Gasteiger partial charge < -0.3 is 10.1 Å². The average molecular weight is 239 g/mol. The first-order chi connectivity index (χ1) is 8.22. The van der Waals surface area contributed by atoms with Crippen LogP contribution in [-0.2, 0) is 18.2 Å². The van der Waals surface area contributed by atoms with Gasteiger partial charge in [-0.05, 0) is 32.4 Å². The highest BCUT2D eigenvalue weighted by Gasteiger charge is 2.18. The van der Waals surface area contributed by atoms with E-state index in [2.05, 4.69) is 23.4 Å². The van der Waals surface area contributed by atoms with Gasteiger partial charge in [0, 0.05) is 32.1 Å². The van der Waals surface area contributed by atoms with E-state index in [1.807, 2.05) is 25.0 Å². The Hall–Kier alpha value is -0.870. The summed E-state index contributed by atoms with van der Waals surface area (Å²) >= 11 is 0. The van der Waals surface area contributed by atoms with Gasteiger partial charge in [-0.3, -0.25) is 4.68 Å². The Balaban J connectivity index is 2.49. The molecule has 0 amide bonds. The number of aryl methyl sites for hydroxylation is 2. The molecule has 17 heavy (non-hydrogen) atoms. The van der Waals surface area contributed by atoms with Gasteiger partial charge in [0.05, 0.1) is 6.10 Å². The highest BCUT2D eigenvalue weighted by molar-refractivity contribution is 5.00. The Kier molecular flexibility index (Phi) is 6.22. The highest BCUT2D eigenvalue weighted by atomic mass is 16.5. The van der Waals surface area contributed by atoms with Crippen LogP contribution >= 0.6 is 0 Å². The van der Waals surface area contributed by atoms with Crippen LogP contribution in [0.25, 0.3) is 0 Å². The lowest BCUT2D eigenvalue weighted by molar-refractivity contribution is 0.0605. The number of methoxy groups -OCH3 is 1. The summed E-state index contributed by atoms with van der Waals surface area (Å²) in [5.41, 5.74) is 1.27. The van der Waals surface area contributed by atoms with Crippen LogP contribution in [0.5, 0.6) is 0 Å². The molecule has 4 nitrogen and oxygen atoms in total. The van der Waals surface area contributed by atoms with E-state index < -0.39 is 0 Å². The largest absolute Gasteiger partial charge is 0.380 e. The van der Waals surface area contributed by atoms with Crippen molar-refractivity contribution in [1.29, 1.82) is 0 Å². The molecule has 0 spiro atoms. The van der Waals surface area contributed by atoms with E-state index in [1.54, 1.807) is 7.11 Å². The SMILES string of the molecule is CCCC(OC)C(CCc1ccnn1C)NC. The molecule has 1 N–H and O–H groups in total. The average Bonchev–Trinajstić information content (AvgIpc) is 2.74. The normalized spacial score (nSPS) is 14.8. The summed E-state index contributed by atoms with van der Waals surface area (Å²) in [4.78, 5) is 0. The van der Waals surface area contributed by atoms with Gasteiger partial charge in [-0.15, -0.1) is 0 Å². The van der Waals surface area contributed by atoms with Gasteiger partial charge >= 0.3 is 0 Å². The van der Waals surface area contributed by atoms with Crippen LogP contribution in [0.4, 0.5) is 0 Å². The molecule has 0 saturated heterocycles. The van der Waals surface area contributed by atoms with E-state index in [9.17, 15) is 0 Å². The monoisotopic (exact) mass is 239 g/mol. The summed E-state index contributed by atoms with van der Waals surface area (Å²) in [7, 11) is 5.80. The Bertz CT molecular complexity index is 311. The molecule has 0 bridgehead atoms. The third-order valence-corrected chi connectivity index (χ3v) is 3.33. The summed E-state index contributed by atoms with van der Waals surface area (Å²) in [6, 6.07) is 2.49. The fourth-order valence-corrected chi connectivity index (χ4v) is 2.23. The van der Waals surface area contributed by atoms with Gasteiger partial charge in [0.2, 0.25) is 0 Å². The number of hydrogen-bond acceptors (Lipinski definition) is 3. The van der Waals surface area contributed by atoms with Crippen LogP contribution in [0, 0.1) is 0 Å². The number of rotatable bonds is 8. The number of ether oxygens (including phenoxy) is 1. The topological polar surface area (TPSA) is 39.1 Å². The molecule has 0 aliphatic heterocycles. The van der Waals surface area contributed by atoms with Gasteiger partial charge in [-0.25, -0.2) is 0 Å². The minimum absolute atomic E-state index is 0.304. The zero-order valence-electron chi connectivity index (χ0n) is 11.4. The number of aromatic nitrogens is 2. The smallest absolute Gasteiger partial charge is 0.0724 e. The molecule has 1 rings (SSSR count). The Labute approximate surface area is 104 Å². The van der Waals surface area contributed by atoms with Gasteiger partial charge in [0.25, 0.3) is 0 Å². The molecule has 0 aliphatic rings. The van der Waals surface area contributed by atoms with E-state index in [4.69, 9.17) is 4.74 Å². The molecule has 1 aromatic heterocycles. The Morgan fingerprint density at radius 2 is 2.24 bits per heavy atom. The minimum Gasteiger partial charge on any atom is -0.380 e. The molecule has 4 heteroatoms. The third-order valence-electron chi connectivity index (χ3n) is 3.33. The summed E-state index contributed by atoms with van der Waals surface area (Å²) in [5, 5.41) is 7.55. The van der Waals surface area contributed by atoms with Crippen molar-refractivity contribution in [1.82, 2.24) is 15.1 Å². The van der Waals surface area contributed by atoms with Crippen molar-refractivity contribution in [3.8, 4) is 0 Å². The maximum atomic E-state index is 5.56. The predicted octanol–water partition coefficient (Wildman–Crippen LogP) is 1.76. The standard InChI is InChI=1S/C13H25N3O/c1-5-6-13(17-4)12(14-2)8-7-11-9-10-15-16(11)3/h9-10,12-14H,5-8H2,1-4H3. The second-order valence-electron chi connectivity index (χ2n) is 4.44. The second-order valence-corrected chi connectivity index (χ2v) is 4.44. The lowest BCUT2D eigenvalue weighted by Crippen LogP contribution is -2.39. The summed E-state index contributed by atoms with van der Waals surface area (Å²) in [5.74, 6) is 0. The quantitative estimate of drug-likeness (QED) is 0.751. The summed E-state index contributed by atoms with van der Waals surface area (Å²) in [6.45, 7) is 2.19. The van der Waals surface area contributed by atoms with Crippen LogP contribution in [-0.4, -0.2) is 36.1 Å². The fourth-order valence-electron chi connectivity index (χ4n) is 2.23. The van der Waals surface area contributed by atoms with E-state index in [0.717, 1.165) is 25.7 Å². The minimum atomic E-state index is 0.304. The zero-order valence-corrected chi connectivity index (χ0v) is 11.4. The van der Waals surface area contributed by atoms with Crippen molar-refractivity contribution < 1.29 is 4.74 Å². The van der Waals surface area contributed by atoms with Crippen molar-refractivity contribution in [3.63, 3.8) is 0 Å². The van der Waals surface area contributed by atoms with Crippen LogP contribution in [0.3, 0.4) is 0 Å². The molecule has 0 aliphatic carbocycles. The maximum Gasteiger partial charge on any atom is 0.0724 e. The van der Waals surface area contributed by atoms with Crippen molar-refractivity contribution in [2.45, 2.75) is 44.8 Å². The first-order valence-electron chi connectivity index (χ1n) is 6.39. The molecule has 2 atom stereocenters. The van der Waals surface area contributed by atoms with Crippen LogP contribution in [0.1, 0.15) is 31.9 Å². The van der Waals surface area contributed by atoms with Crippen molar-refractivity contribution in [3.05, 3.63) is 18.0 Å². The van der Waals surface area contributed by atoms with Crippen molar-refractivity contribution in [2.75, 3.05) is 14.2 Å². The summed E-state index contributed by atoms with van der Waals surface area (Å²) < 4.78 is 7.50. The molecule has 2 unspecified atom stereocenters. The number of nitrogens with zero attached hydrogens (tertiary/aromatic N) is 2. The van der Waals surface area contributed by atoms with E-state index in [-0.39, 0.29) is 0 Å². The van der Waals surface area contributed by atoms with E-state index >= 15 is 0 Å². The Morgan fingerprint density at radius 1 is 1.47 bits per heavy atom. The zero-order chi connectivity index (χ0) is 12.7. The number of likely N-dealkylation sites (N-methyl/N-ethyl adjacent to an activating group) is 1. The van der Waals surface area contributed by atoms with Gasteiger partial charge in [-0.1, -0.05) is 13.3 Å². The second kappa shape index (κ2) is 7.45. The van der Waals surface area contributed by atoms with E-state index in [0.29, 0.717) is 12.1 Å². The number of hydrogen-bond donors (Lipinski definition) is 1. The molecule has 0 saturated carbocycles. The first-order valence-corrected chi connectivity index (χ1v) is 6.39. The van der Waals surface area contributed by atoms with Crippen molar-refractivity contribution >= 4 is 0 Å². The van der Waals surface area contributed by atoms with Crippen LogP contribution in [0.15, 0.2) is 12.3 Å². The van der Waals surface area contributed by atoms with Crippen LogP contribution < -0.4 is 5.32 Å². The molecule has 0 radical (unpaired) electrons. The molecule has 0 fully saturated rings. The van der Waals surface area contributed by atoms with Gasteiger partial charge in [-0.2, -0.15) is 5.10 Å². The Morgan fingerprint density at radius 3 is 2.71 bits per heavy atom. The molecular weight excluding hydrogens is 214 g/mol. The fraction of sp³-hybridized carbons (Fsp3) is 0.769. The lowest BCUT2D eigenvalue weighted by Gasteiger charge is -2.25. The van der Waals surface area contributed by atoms with Crippen molar-refractivity contribution in [2.24, 2.45) is 7.05 Å². The number of nitrogens with one attached hydrogen (secondary N) is 1. The first kappa shape index (κ1) is 14.2. The van der Waals surface area contributed by atoms with E-state index in [1.165, 1.54) is 5.69 Å². The molecule has 1 heterocycles. The van der Waals surface area contributed by atoms with Gasteiger partial charge in [0.1, 0.15) is 0 Å². The van der Waals surface area contributed by atoms with Gasteiger partial charge in [0.15, 0.2) is 0 Å². The predicted molar refractivity (Wildman–Crippen MR) is 70.1 cm³/mol. The molecule has 0 aromatic carbocycles. The maximum absolute atomic E-state index is 5.56. The molecular formula is C13H25N3O. The molecule has 1 aromatic rings.